The van der Waals surface area contributed by atoms with Crippen molar-refractivity contribution in [3.8, 4) is 34.1 Å². The molecule has 0 spiro atoms. The number of phenolic OH excluding ortho intramolecular Hbond substituents is 2. The number of aryl methyl sites for hydroxylation is 1. The van der Waals surface area contributed by atoms with E-state index in [4.69, 9.17) is 16.3 Å². The molecule has 0 fully saturated rings. The molecule has 0 bridgehead atoms. The van der Waals surface area contributed by atoms with Crippen LogP contribution in [0.1, 0.15) is 11.1 Å². The lowest BCUT2D eigenvalue weighted by atomic mass is 10.00. The van der Waals surface area contributed by atoms with E-state index in [2.05, 4.69) is 0 Å². The van der Waals surface area contributed by atoms with Crippen LogP contribution in [-0.2, 0) is 12.8 Å². The van der Waals surface area contributed by atoms with Crippen LogP contribution >= 0.6 is 11.6 Å². The Morgan fingerprint density at radius 3 is 2.50 bits per heavy atom. The molecule has 0 saturated carbocycles. The Balaban J connectivity index is 1.79. The molecule has 3 aromatic rings. The lowest BCUT2D eigenvalue weighted by Crippen LogP contribution is -1.89. The van der Waals surface area contributed by atoms with Gasteiger partial charge in [-0.1, -0.05) is 35.9 Å². The van der Waals surface area contributed by atoms with Gasteiger partial charge in [0.2, 0.25) is 0 Å². The van der Waals surface area contributed by atoms with Crippen LogP contribution in [0.4, 0.5) is 0 Å². The number of aromatic hydroxyl groups is 2. The van der Waals surface area contributed by atoms with Crippen LogP contribution < -0.4 is 4.74 Å². The number of benzene rings is 3. The summed E-state index contributed by atoms with van der Waals surface area (Å²) in [5.74, 6) is 1.28. The highest BCUT2D eigenvalue weighted by molar-refractivity contribution is 6.30. The standard InChI is InChI=1S/C20H15ClO3/c21-15-3-1-2-13(8-15)14-5-4-12-6-7-17-18(23)10-16(22)11-20(17)24-19(12)9-14/h1-5,8-11,22-23H,6-7H2. The second kappa shape index (κ2) is 5.77. The summed E-state index contributed by atoms with van der Waals surface area (Å²) >= 11 is 6.08. The molecule has 2 N–H and O–H groups in total. The first-order chi connectivity index (χ1) is 11.6. The number of hydrogen-bond acceptors (Lipinski definition) is 3. The first kappa shape index (κ1) is 14.9. The molecule has 0 unspecified atom stereocenters. The Kier molecular flexibility index (Phi) is 3.58. The molecule has 1 aliphatic heterocycles. The van der Waals surface area contributed by atoms with Crippen molar-refractivity contribution in [2.75, 3.05) is 0 Å². The summed E-state index contributed by atoms with van der Waals surface area (Å²) in [6.45, 7) is 0. The van der Waals surface area contributed by atoms with Gasteiger partial charge in [0, 0.05) is 22.7 Å². The fraction of sp³-hybridized carbons (Fsp3) is 0.100. The van der Waals surface area contributed by atoms with E-state index in [0.717, 1.165) is 28.9 Å². The normalized spacial score (nSPS) is 12.7. The van der Waals surface area contributed by atoms with Crippen LogP contribution in [0, 0.1) is 0 Å². The van der Waals surface area contributed by atoms with Gasteiger partial charge in [-0.05, 0) is 47.7 Å². The molecule has 4 rings (SSSR count). The van der Waals surface area contributed by atoms with Crippen molar-refractivity contribution in [3.63, 3.8) is 0 Å². The largest absolute Gasteiger partial charge is 0.508 e. The van der Waals surface area contributed by atoms with Crippen molar-refractivity contribution in [2.24, 2.45) is 0 Å². The molecular formula is C20H15ClO3. The van der Waals surface area contributed by atoms with Crippen LogP contribution in [0.2, 0.25) is 5.02 Å². The molecule has 0 atom stereocenters. The smallest absolute Gasteiger partial charge is 0.138 e. The lowest BCUT2D eigenvalue weighted by molar-refractivity contribution is 0.427. The highest BCUT2D eigenvalue weighted by Gasteiger charge is 2.19. The lowest BCUT2D eigenvalue weighted by Gasteiger charge is -2.12. The topological polar surface area (TPSA) is 49.7 Å². The quantitative estimate of drug-likeness (QED) is 0.632. The summed E-state index contributed by atoms with van der Waals surface area (Å²) in [5.41, 5.74) is 3.80. The minimum Gasteiger partial charge on any atom is -0.508 e. The van der Waals surface area contributed by atoms with Crippen LogP contribution in [-0.4, -0.2) is 10.2 Å². The number of ether oxygens (including phenoxy) is 1. The molecule has 0 amide bonds. The van der Waals surface area contributed by atoms with Gasteiger partial charge >= 0.3 is 0 Å². The summed E-state index contributed by atoms with van der Waals surface area (Å²) in [5, 5.41) is 20.5. The highest BCUT2D eigenvalue weighted by atomic mass is 35.5. The van der Waals surface area contributed by atoms with E-state index < -0.39 is 0 Å². The van der Waals surface area contributed by atoms with Gasteiger partial charge in [-0.2, -0.15) is 0 Å². The fourth-order valence-electron chi connectivity index (χ4n) is 3.04. The average molecular weight is 339 g/mol. The summed E-state index contributed by atoms with van der Waals surface area (Å²) in [6.07, 6.45) is 1.42. The molecule has 0 radical (unpaired) electrons. The Labute approximate surface area is 144 Å². The van der Waals surface area contributed by atoms with E-state index in [1.807, 2.05) is 42.5 Å². The van der Waals surface area contributed by atoms with Crippen LogP contribution in [0.3, 0.4) is 0 Å². The zero-order valence-corrected chi connectivity index (χ0v) is 13.5. The molecule has 3 aromatic carbocycles. The average Bonchev–Trinajstić information content (AvgIpc) is 2.73. The maximum atomic E-state index is 10.0. The molecule has 4 heteroatoms. The van der Waals surface area contributed by atoms with Gasteiger partial charge in [-0.15, -0.1) is 0 Å². The third-order valence-electron chi connectivity index (χ3n) is 4.26. The zero-order chi connectivity index (χ0) is 16.7. The van der Waals surface area contributed by atoms with E-state index in [9.17, 15) is 10.2 Å². The molecule has 1 aliphatic rings. The first-order valence-corrected chi connectivity index (χ1v) is 8.09. The minimum atomic E-state index is -0.0132. The Morgan fingerprint density at radius 1 is 0.833 bits per heavy atom. The predicted octanol–water partition coefficient (Wildman–Crippen LogP) is 5.31. The molecule has 120 valence electrons. The van der Waals surface area contributed by atoms with Crippen molar-refractivity contribution in [2.45, 2.75) is 12.8 Å². The van der Waals surface area contributed by atoms with Gasteiger partial charge < -0.3 is 14.9 Å². The molecule has 1 heterocycles. The van der Waals surface area contributed by atoms with Crippen molar-refractivity contribution < 1.29 is 14.9 Å². The fourth-order valence-corrected chi connectivity index (χ4v) is 3.23. The van der Waals surface area contributed by atoms with E-state index >= 15 is 0 Å². The van der Waals surface area contributed by atoms with E-state index in [1.165, 1.54) is 12.1 Å². The summed E-state index contributed by atoms with van der Waals surface area (Å²) in [4.78, 5) is 0. The van der Waals surface area contributed by atoms with Gasteiger partial charge in [0.1, 0.15) is 23.0 Å². The Morgan fingerprint density at radius 2 is 1.67 bits per heavy atom. The van der Waals surface area contributed by atoms with E-state index in [1.54, 1.807) is 0 Å². The molecule has 0 aromatic heterocycles. The number of phenols is 2. The second-order valence-corrected chi connectivity index (χ2v) is 6.31. The third kappa shape index (κ3) is 2.68. The van der Waals surface area contributed by atoms with Crippen molar-refractivity contribution in [1.82, 2.24) is 0 Å². The minimum absolute atomic E-state index is 0.0132. The van der Waals surface area contributed by atoms with Crippen molar-refractivity contribution >= 4 is 11.6 Å². The van der Waals surface area contributed by atoms with Gasteiger partial charge in [0.15, 0.2) is 0 Å². The number of halogens is 1. The zero-order valence-electron chi connectivity index (χ0n) is 12.8. The Hall–Kier alpha value is -2.65. The summed E-state index contributed by atoms with van der Waals surface area (Å²) in [6, 6.07) is 16.6. The molecule has 0 saturated heterocycles. The van der Waals surface area contributed by atoms with Gasteiger partial charge in [-0.3, -0.25) is 0 Å². The van der Waals surface area contributed by atoms with Gasteiger partial charge in [0.25, 0.3) is 0 Å². The van der Waals surface area contributed by atoms with E-state index in [-0.39, 0.29) is 11.5 Å². The number of fused-ring (bicyclic) bond motifs is 2. The van der Waals surface area contributed by atoms with Crippen molar-refractivity contribution in [1.29, 1.82) is 0 Å². The molecule has 0 aliphatic carbocycles. The summed E-state index contributed by atoms with van der Waals surface area (Å²) in [7, 11) is 0. The number of rotatable bonds is 1. The second-order valence-electron chi connectivity index (χ2n) is 5.88. The maximum absolute atomic E-state index is 10.0. The SMILES string of the molecule is Oc1cc(O)c2c(c1)Oc1cc(-c3cccc(Cl)c3)ccc1CC2. The van der Waals surface area contributed by atoms with Crippen LogP contribution in [0.15, 0.2) is 54.6 Å². The third-order valence-corrected chi connectivity index (χ3v) is 4.49. The van der Waals surface area contributed by atoms with Gasteiger partial charge in [0.05, 0.1) is 0 Å². The number of hydrogen-bond donors (Lipinski definition) is 2. The monoisotopic (exact) mass is 338 g/mol. The van der Waals surface area contributed by atoms with Gasteiger partial charge in [-0.25, -0.2) is 0 Å². The van der Waals surface area contributed by atoms with Crippen LogP contribution in [0.5, 0.6) is 23.0 Å². The van der Waals surface area contributed by atoms with E-state index in [0.29, 0.717) is 22.8 Å². The van der Waals surface area contributed by atoms with Crippen LogP contribution in [0.25, 0.3) is 11.1 Å². The Bertz CT molecular complexity index is 934. The highest BCUT2D eigenvalue weighted by Crippen LogP contribution is 2.41. The first-order valence-electron chi connectivity index (χ1n) is 7.72. The summed E-state index contributed by atoms with van der Waals surface area (Å²) < 4.78 is 6.00. The molecular weight excluding hydrogens is 324 g/mol. The molecule has 24 heavy (non-hydrogen) atoms. The molecule has 3 nitrogen and oxygen atoms in total. The predicted molar refractivity (Wildman–Crippen MR) is 94.1 cm³/mol. The van der Waals surface area contributed by atoms with Crippen molar-refractivity contribution in [3.05, 3.63) is 70.7 Å². The maximum Gasteiger partial charge on any atom is 0.138 e.